The van der Waals surface area contributed by atoms with E-state index >= 15 is 0 Å². The first-order chi connectivity index (χ1) is 13.8. The molecule has 0 fully saturated rings. The van der Waals surface area contributed by atoms with Crippen LogP contribution >= 0.6 is 0 Å². The van der Waals surface area contributed by atoms with Gasteiger partial charge in [0.25, 0.3) is 5.56 Å². The second-order valence-corrected chi connectivity index (χ2v) is 6.60. The summed E-state index contributed by atoms with van der Waals surface area (Å²) in [5.41, 5.74) is 5.32. The normalized spacial score (nSPS) is 12.2. The zero-order valence-electron chi connectivity index (χ0n) is 17.2. The molecule has 0 saturated carbocycles. The number of aromatic nitrogens is 2. The van der Waals surface area contributed by atoms with E-state index in [1.807, 2.05) is 43.0 Å². The van der Waals surface area contributed by atoms with E-state index in [1.165, 1.54) is 7.11 Å². The largest absolute Gasteiger partial charge is 0.497 e. The molecule has 158 valence electrons. The number of hydrogen-bond donors (Lipinski definition) is 2. The number of rotatable bonds is 10. The minimum atomic E-state index is -0.781. The molecule has 3 N–H and O–H groups in total. The van der Waals surface area contributed by atoms with Crippen molar-refractivity contribution in [2.24, 2.45) is 0 Å². The molecule has 0 bridgehead atoms. The Balaban J connectivity index is 2.31. The Bertz CT molecular complexity index is 966. The molecule has 0 spiro atoms. The Morgan fingerprint density at radius 2 is 2.03 bits per heavy atom. The number of carbonyl (C=O) groups is 1. The zero-order valence-corrected chi connectivity index (χ0v) is 17.2. The third-order valence-electron chi connectivity index (χ3n) is 4.91. The first kappa shape index (κ1) is 22.4. The highest BCUT2D eigenvalue weighted by molar-refractivity contribution is 6.01. The second kappa shape index (κ2) is 10.0. The topological polar surface area (TPSA) is 120 Å². The van der Waals surface area contributed by atoms with Gasteiger partial charge in [0.1, 0.15) is 17.1 Å². The highest BCUT2D eigenvalue weighted by Crippen LogP contribution is 2.24. The maximum absolute atomic E-state index is 12.9. The third kappa shape index (κ3) is 5.12. The zero-order chi connectivity index (χ0) is 21.6. The molecule has 0 aliphatic rings. The molecule has 9 heteroatoms. The molecule has 9 nitrogen and oxygen atoms in total. The summed E-state index contributed by atoms with van der Waals surface area (Å²) < 4.78 is 11.4. The summed E-state index contributed by atoms with van der Waals surface area (Å²) in [6, 6.07) is 7.49. The second-order valence-electron chi connectivity index (χ2n) is 6.60. The molecule has 1 aromatic heterocycles. The molecule has 0 amide bonds. The number of ether oxygens (including phenoxy) is 2. The predicted octanol–water partition coefficient (Wildman–Crippen LogP) is 1.04. The highest BCUT2D eigenvalue weighted by atomic mass is 16.5. The summed E-state index contributed by atoms with van der Waals surface area (Å²) in [5.74, 6) is 0.125. The van der Waals surface area contributed by atoms with Crippen molar-refractivity contribution in [2.75, 3.05) is 39.6 Å². The first-order valence-electron chi connectivity index (χ1n) is 9.36. The number of Topliss-reactive ketones (excluding diaryl/α,β-unsaturated/α-hetero) is 1. The fraction of sp³-hybridized carbons (Fsp3) is 0.450. The third-order valence-corrected chi connectivity index (χ3v) is 4.91. The van der Waals surface area contributed by atoms with E-state index in [1.54, 1.807) is 7.11 Å². The Morgan fingerprint density at radius 3 is 2.66 bits per heavy atom. The Morgan fingerprint density at radius 1 is 1.31 bits per heavy atom. The van der Waals surface area contributed by atoms with E-state index in [9.17, 15) is 14.4 Å². The molecule has 29 heavy (non-hydrogen) atoms. The van der Waals surface area contributed by atoms with Gasteiger partial charge >= 0.3 is 5.69 Å². The first-order valence-corrected chi connectivity index (χ1v) is 9.36. The van der Waals surface area contributed by atoms with Crippen molar-refractivity contribution in [2.45, 2.75) is 26.4 Å². The van der Waals surface area contributed by atoms with E-state index in [-0.39, 0.29) is 37.1 Å². The SMILES string of the molecule is CCN(CC(=O)c1c(N)n(CCOC)c(=O)[nH]c1=O)C(C)c1cccc(OC)c1. The van der Waals surface area contributed by atoms with Gasteiger partial charge < -0.3 is 15.2 Å². The molecule has 1 unspecified atom stereocenters. The minimum absolute atomic E-state index is 0.0232. The van der Waals surface area contributed by atoms with Gasteiger partial charge in [-0.3, -0.25) is 24.0 Å². The average Bonchev–Trinajstić information content (AvgIpc) is 2.71. The molecule has 0 saturated heterocycles. The fourth-order valence-corrected chi connectivity index (χ4v) is 3.16. The number of nitrogen functional groups attached to an aromatic ring is 1. The number of benzene rings is 1. The van der Waals surface area contributed by atoms with Crippen molar-refractivity contribution in [3.05, 3.63) is 56.2 Å². The van der Waals surface area contributed by atoms with Gasteiger partial charge in [-0.2, -0.15) is 0 Å². The van der Waals surface area contributed by atoms with Crippen LogP contribution in [0.25, 0.3) is 0 Å². The lowest BCUT2D eigenvalue weighted by molar-refractivity contribution is 0.0902. The van der Waals surface area contributed by atoms with Crippen LogP contribution in [-0.4, -0.2) is 54.2 Å². The Labute approximate surface area is 169 Å². The molecular weight excluding hydrogens is 376 g/mol. The van der Waals surface area contributed by atoms with E-state index in [4.69, 9.17) is 15.2 Å². The number of methoxy groups -OCH3 is 2. The number of H-pyrrole nitrogens is 1. The molecular formula is C20H28N4O5. The monoisotopic (exact) mass is 404 g/mol. The average molecular weight is 404 g/mol. The van der Waals surface area contributed by atoms with Crippen LogP contribution in [0.2, 0.25) is 0 Å². The lowest BCUT2D eigenvalue weighted by atomic mass is 10.1. The fourth-order valence-electron chi connectivity index (χ4n) is 3.16. The molecule has 0 radical (unpaired) electrons. The van der Waals surface area contributed by atoms with E-state index in [0.29, 0.717) is 6.54 Å². The van der Waals surface area contributed by atoms with Crippen LogP contribution < -0.4 is 21.7 Å². The van der Waals surface area contributed by atoms with Gasteiger partial charge in [-0.05, 0) is 31.2 Å². The molecule has 0 aliphatic carbocycles. The summed E-state index contributed by atoms with van der Waals surface area (Å²) >= 11 is 0. The van der Waals surface area contributed by atoms with Crippen molar-refractivity contribution < 1.29 is 14.3 Å². The van der Waals surface area contributed by atoms with Crippen LogP contribution in [0.15, 0.2) is 33.9 Å². The van der Waals surface area contributed by atoms with Gasteiger partial charge in [0.05, 0.1) is 26.8 Å². The number of nitrogens with two attached hydrogens (primary N) is 1. The van der Waals surface area contributed by atoms with Crippen molar-refractivity contribution >= 4 is 11.6 Å². The van der Waals surface area contributed by atoms with Gasteiger partial charge in [-0.1, -0.05) is 19.1 Å². The molecule has 2 aromatic rings. The van der Waals surface area contributed by atoms with E-state index in [0.717, 1.165) is 15.9 Å². The summed E-state index contributed by atoms with van der Waals surface area (Å²) in [6.45, 7) is 4.80. The van der Waals surface area contributed by atoms with Gasteiger partial charge in [0, 0.05) is 13.2 Å². The molecule has 2 rings (SSSR count). The smallest absolute Gasteiger partial charge is 0.330 e. The minimum Gasteiger partial charge on any atom is -0.497 e. The van der Waals surface area contributed by atoms with Gasteiger partial charge in [-0.15, -0.1) is 0 Å². The number of nitrogens with zero attached hydrogens (tertiary/aromatic N) is 2. The van der Waals surface area contributed by atoms with E-state index in [2.05, 4.69) is 4.98 Å². The number of ketones is 1. The maximum Gasteiger partial charge on any atom is 0.330 e. The van der Waals surface area contributed by atoms with Crippen LogP contribution in [0, 0.1) is 0 Å². The number of nitrogens with one attached hydrogen (secondary N) is 1. The number of likely N-dealkylation sites (N-methyl/N-ethyl adjacent to an activating group) is 1. The van der Waals surface area contributed by atoms with Crippen LogP contribution in [0.1, 0.15) is 35.8 Å². The van der Waals surface area contributed by atoms with Crippen LogP contribution in [-0.2, 0) is 11.3 Å². The van der Waals surface area contributed by atoms with Gasteiger partial charge in [0.15, 0.2) is 5.78 Å². The van der Waals surface area contributed by atoms with Crippen molar-refractivity contribution in [1.29, 1.82) is 0 Å². The number of carbonyl (C=O) groups excluding carboxylic acids is 1. The number of aromatic amines is 1. The van der Waals surface area contributed by atoms with Crippen LogP contribution in [0.3, 0.4) is 0 Å². The van der Waals surface area contributed by atoms with Crippen LogP contribution in [0.4, 0.5) is 5.82 Å². The van der Waals surface area contributed by atoms with Crippen molar-refractivity contribution in [3.8, 4) is 5.75 Å². The summed E-state index contributed by atoms with van der Waals surface area (Å²) in [6.07, 6.45) is 0. The summed E-state index contributed by atoms with van der Waals surface area (Å²) in [4.78, 5) is 41.3. The Kier molecular flexibility index (Phi) is 7.74. The van der Waals surface area contributed by atoms with Crippen molar-refractivity contribution in [1.82, 2.24) is 14.5 Å². The molecule has 0 aliphatic heterocycles. The molecule has 1 aromatic carbocycles. The Hall–Kier alpha value is -2.91. The maximum atomic E-state index is 12.9. The lowest BCUT2D eigenvalue weighted by Crippen LogP contribution is -2.40. The molecule has 1 atom stereocenters. The summed E-state index contributed by atoms with van der Waals surface area (Å²) in [7, 11) is 3.08. The van der Waals surface area contributed by atoms with E-state index < -0.39 is 17.0 Å². The van der Waals surface area contributed by atoms with Crippen LogP contribution in [0.5, 0.6) is 5.75 Å². The number of anilines is 1. The van der Waals surface area contributed by atoms with Gasteiger partial charge in [0.2, 0.25) is 0 Å². The standard InChI is InChI=1S/C20H28N4O5/c1-5-23(13(2)14-7-6-8-15(11-14)29-4)12-16(25)17-18(21)24(9-10-28-3)20(27)22-19(17)26/h6-8,11,13H,5,9-10,12,21H2,1-4H3,(H,22,26,27). The summed E-state index contributed by atoms with van der Waals surface area (Å²) in [5, 5.41) is 0. The lowest BCUT2D eigenvalue weighted by Gasteiger charge is -2.28. The predicted molar refractivity (Wildman–Crippen MR) is 111 cm³/mol. The number of hydrogen-bond acceptors (Lipinski definition) is 7. The quantitative estimate of drug-likeness (QED) is 0.568. The van der Waals surface area contributed by atoms with Gasteiger partial charge in [-0.25, -0.2) is 4.79 Å². The molecule has 1 heterocycles. The van der Waals surface area contributed by atoms with Crippen molar-refractivity contribution in [3.63, 3.8) is 0 Å². The highest BCUT2D eigenvalue weighted by Gasteiger charge is 2.24.